The monoisotopic (exact) mass is 248 g/mol. The van der Waals surface area contributed by atoms with Crippen LogP contribution in [0.15, 0.2) is 30.3 Å². The minimum absolute atomic E-state index is 0.00739. The molecule has 0 unspecified atom stereocenters. The lowest BCUT2D eigenvalue weighted by Gasteiger charge is -2.34. The summed E-state index contributed by atoms with van der Waals surface area (Å²) in [5, 5.41) is 0. The van der Waals surface area contributed by atoms with Crippen LogP contribution in [0.5, 0.6) is 0 Å². The number of carbonyl (C=O) groups is 1. The van der Waals surface area contributed by atoms with Gasteiger partial charge in [-0.15, -0.1) is 0 Å². The molecule has 98 valence electrons. The molecule has 0 saturated carbocycles. The van der Waals surface area contributed by atoms with Crippen molar-refractivity contribution in [2.75, 3.05) is 0 Å². The first-order chi connectivity index (χ1) is 8.70. The molecule has 0 N–H and O–H groups in total. The van der Waals surface area contributed by atoms with Crippen molar-refractivity contribution in [2.45, 2.75) is 45.5 Å². The number of benzene rings is 1. The van der Waals surface area contributed by atoms with E-state index < -0.39 is 0 Å². The highest BCUT2D eigenvalue weighted by Crippen LogP contribution is 2.27. The van der Waals surface area contributed by atoms with Crippen molar-refractivity contribution in [1.82, 2.24) is 0 Å². The lowest BCUT2D eigenvalue weighted by atomic mass is 9.91. The summed E-state index contributed by atoms with van der Waals surface area (Å²) in [6, 6.07) is 10.0. The van der Waals surface area contributed by atoms with Crippen molar-refractivity contribution in [3.8, 4) is 0 Å². The van der Waals surface area contributed by atoms with Crippen molar-refractivity contribution in [3.63, 3.8) is 0 Å². The Hall–Kier alpha value is -1.35. The fourth-order valence-corrected chi connectivity index (χ4v) is 2.36. The Kier molecular flexibility index (Phi) is 4.37. The van der Waals surface area contributed by atoms with Crippen LogP contribution >= 0.6 is 0 Å². The number of ether oxygens (including phenoxy) is 2. The van der Waals surface area contributed by atoms with Crippen LogP contribution in [0, 0.1) is 5.92 Å². The second-order valence-electron chi connectivity index (χ2n) is 4.83. The van der Waals surface area contributed by atoms with Crippen LogP contribution in [0.25, 0.3) is 0 Å². The molecular weight excluding hydrogens is 228 g/mol. The summed E-state index contributed by atoms with van der Waals surface area (Å²) in [6.45, 7) is 4.68. The number of cyclic esters (lactones) is 1. The quantitative estimate of drug-likeness (QED) is 0.768. The van der Waals surface area contributed by atoms with E-state index in [4.69, 9.17) is 9.47 Å². The maximum Gasteiger partial charge on any atom is 0.308 e. The van der Waals surface area contributed by atoms with E-state index in [1.165, 1.54) is 0 Å². The predicted molar refractivity (Wildman–Crippen MR) is 69.0 cm³/mol. The summed E-state index contributed by atoms with van der Waals surface area (Å²) in [5.41, 5.74) is 1.14. The van der Waals surface area contributed by atoms with Gasteiger partial charge < -0.3 is 9.47 Å². The SMILES string of the molecule is CC[C@H]1OC(=O)C[C@@H](OCc2ccccc2)[C@@H]1C. The first kappa shape index (κ1) is 13.1. The molecule has 0 radical (unpaired) electrons. The van der Waals surface area contributed by atoms with Crippen LogP contribution < -0.4 is 0 Å². The number of hydrogen-bond acceptors (Lipinski definition) is 3. The van der Waals surface area contributed by atoms with Crippen molar-refractivity contribution in [2.24, 2.45) is 5.92 Å². The molecule has 0 aliphatic carbocycles. The molecule has 0 spiro atoms. The zero-order valence-corrected chi connectivity index (χ0v) is 11.0. The third-order valence-electron chi connectivity index (χ3n) is 3.53. The zero-order chi connectivity index (χ0) is 13.0. The lowest BCUT2D eigenvalue weighted by molar-refractivity contribution is -0.172. The molecule has 0 bridgehead atoms. The van der Waals surface area contributed by atoms with E-state index in [1.807, 2.05) is 37.3 Å². The van der Waals surface area contributed by atoms with Crippen LogP contribution in [0.4, 0.5) is 0 Å². The van der Waals surface area contributed by atoms with Crippen LogP contribution in [0.2, 0.25) is 0 Å². The van der Waals surface area contributed by atoms with Gasteiger partial charge in [-0.05, 0) is 12.0 Å². The van der Waals surface area contributed by atoms with Gasteiger partial charge in [-0.1, -0.05) is 44.2 Å². The summed E-state index contributed by atoms with van der Waals surface area (Å²) < 4.78 is 11.2. The Morgan fingerprint density at radius 1 is 1.33 bits per heavy atom. The standard InChI is InChI=1S/C15H20O3/c1-3-13-11(2)14(9-15(16)18-13)17-10-12-7-5-4-6-8-12/h4-8,11,13-14H,3,9-10H2,1-2H3/t11-,13-,14-/m1/s1. The second kappa shape index (κ2) is 6.01. The molecule has 1 aromatic carbocycles. The molecule has 1 fully saturated rings. The average Bonchev–Trinajstić information content (AvgIpc) is 2.40. The van der Waals surface area contributed by atoms with E-state index >= 15 is 0 Å². The smallest absolute Gasteiger partial charge is 0.308 e. The summed E-state index contributed by atoms with van der Waals surface area (Å²) in [6.07, 6.45) is 1.17. The highest BCUT2D eigenvalue weighted by atomic mass is 16.6. The minimum atomic E-state index is -0.141. The van der Waals surface area contributed by atoms with Crippen LogP contribution in [-0.4, -0.2) is 18.2 Å². The van der Waals surface area contributed by atoms with E-state index in [0.29, 0.717) is 13.0 Å². The largest absolute Gasteiger partial charge is 0.462 e. The van der Waals surface area contributed by atoms with Gasteiger partial charge >= 0.3 is 5.97 Å². The Morgan fingerprint density at radius 2 is 2.06 bits per heavy atom. The summed E-state index contributed by atoms with van der Waals surface area (Å²) in [7, 11) is 0. The number of hydrogen-bond donors (Lipinski definition) is 0. The number of esters is 1. The van der Waals surface area contributed by atoms with Gasteiger partial charge in [0.2, 0.25) is 0 Å². The maximum absolute atomic E-state index is 11.5. The van der Waals surface area contributed by atoms with Gasteiger partial charge in [0.1, 0.15) is 6.10 Å². The summed E-state index contributed by atoms with van der Waals surface area (Å²) >= 11 is 0. The van der Waals surface area contributed by atoms with Crippen LogP contribution in [-0.2, 0) is 20.9 Å². The molecule has 2 rings (SSSR count). The van der Waals surface area contributed by atoms with E-state index in [9.17, 15) is 4.79 Å². The number of rotatable bonds is 4. The van der Waals surface area contributed by atoms with Crippen molar-refractivity contribution in [3.05, 3.63) is 35.9 Å². The van der Waals surface area contributed by atoms with Crippen molar-refractivity contribution in [1.29, 1.82) is 0 Å². The molecule has 3 heteroatoms. The lowest BCUT2D eigenvalue weighted by Crippen LogP contribution is -2.41. The highest BCUT2D eigenvalue weighted by Gasteiger charge is 2.35. The molecule has 1 aliphatic rings. The van der Waals surface area contributed by atoms with E-state index in [2.05, 4.69) is 6.92 Å². The Morgan fingerprint density at radius 3 is 2.72 bits per heavy atom. The van der Waals surface area contributed by atoms with Crippen LogP contribution in [0.3, 0.4) is 0 Å². The molecule has 0 amide bonds. The van der Waals surface area contributed by atoms with Crippen molar-refractivity contribution < 1.29 is 14.3 Å². The molecule has 1 aliphatic heterocycles. The van der Waals surface area contributed by atoms with Gasteiger partial charge in [0.15, 0.2) is 0 Å². The average molecular weight is 248 g/mol. The molecular formula is C15H20O3. The first-order valence-corrected chi connectivity index (χ1v) is 6.55. The molecule has 1 aromatic rings. The second-order valence-corrected chi connectivity index (χ2v) is 4.83. The van der Waals surface area contributed by atoms with Crippen molar-refractivity contribution >= 4 is 5.97 Å². The molecule has 18 heavy (non-hydrogen) atoms. The van der Waals surface area contributed by atoms with Gasteiger partial charge in [-0.3, -0.25) is 4.79 Å². The fraction of sp³-hybridized carbons (Fsp3) is 0.533. The molecule has 0 aromatic heterocycles. The van der Waals surface area contributed by atoms with Gasteiger partial charge in [0.05, 0.1) is 19.1 Å². The van der Waals surface area contributed by atoms with Crippen LogP contribution in [0.1, 0.15) is 32.3 Å². The van der Waals surface area contributed by atoms with E-state index in [1.54, 1.807) is 0 Å². The van der Waals surface area contributed by atoms with Gasteiger partial charge in [0, 0.05) is 5.92 Å². The molecule has 3 nitrogen and oxygen atoms in total. The molecule has 1 saturated heterocycles. The van der Waals surface area contributed by atoms with E-state index in [0.717, 1.165) is 12.0 Å². The third kappa shape index (κ3) is 3.10. The summed E-state index contributed by atoms with van der Waals surface area (Å²) in [5.74, 6) is 0.120. The van der Waals surface area contributed by atoms with Gasteiger partial charge in [-0.25, -0.2) is 0 Å². The van der Waals surface area contributed by atoms with E-state index in [-0.39, 0.29) is 24.1 Å². The topological polar surface area (TPSA) is 35.5 Å². The fourth-order valence-electron chi connectivity index (χ4n) is 2.36. The zero-order valence-electron chi connectivity index (χ0n) is 11.0. The maximum atomic E-state index is 11.5. The number of carbonyl (C=O) groups excluding carboxylic acids is 1. The Balaban J connectivity index is 1.93. The Bertz CT molecular complexity index is 388. The highest BCUT2D eigenvalue weighted by molar-refractivity contribution is 5.71. The normalized spacial score (nSPS) is 27.9. The third-order valence-corrected chi connectivity index (χ3v) is 3.53. The Labute approximate surface area is 108 Å². The molecule has 3 atom stereocenters. The predicted octanol–water partition coefficient (Wildman–Crippen LogP) is 2.93. The minimum Gasteiger partial charge on any atom is -0.462 e. The first-order valence-electron chi connectivity index (χ1n) is 6.55. The summed E-state index contributed by atoms with van der Waals surface area (Å²) in [4.78, 5) is 11.5. The van der Waals surface area contributed by atoms with Gasteiger partial charge in [0.25, 0.3) is 0 Å². The molecule has 1 heterocycles. The van der Waals surface area contributed by atoms with Gasteiger partial charge in [-0.2, -0.15) is 0 Å².